The zero-order valence-corrected chi connectivity index (χ0v) is 34.1. The van der Waals surface area contributed by atoms with E-state index >= 15 is 0 Å². The van der Waals surface area contributed by atoms with E-state index in [0.717, 1.165) is 19.3 Å². The molecule has 11 aromatic rings. The second-order valence-electron chi connectivity index (χ2n) is 19.1. The Labute approximate surface area is 362 Å². The van der Waals surface area contributed by atoms with Gasteiger partial charge in [0.1, 0.15) is 0 Å². The average Bonchev–Trinajstić information content (AvgIpc) is 3.34. The van der Waals surface area contributed by atoms with E-state index in [1.54, 1.807) is 10.9 Å². The second-order valence-corrected chi connectivity index (χ2v) is 19.1. The van der Waals surface area contributed by atoms with E-state index < -0.39 is 0 Å². The van der Waals surface area contributed by atoms with Crippen LogP contribution in [0.2, 0.25) is 0 Å². The molecule has 0 bridgehead atoms. The summed E-state index contributed by atoms with van der Waals surface area (Å²) >= 11 is 0. The van der Waals surface area contributed by atoms with Crippen LogP contribution in [0.1, 0.15) is 33.4 Å². The first-order chi connectivity index (χ1) is 31.3. The van der Waals surface area contributed by atoms with Crippen LogP contribution in [0.5, 0.6) is 0 Å². The van der Waals surface area contributed by atoms with Crippen molar-refractivity contribution in [2.24, 2.45) is 0 Å². The molecule has 286 valence electrons. The summed E-state index contributed by atoms with van der Waals surface area (Å²) in [5.41, 5.74) is 38.8. The molecule has 7 aliphatic heterocycles. The largest absolute Gasteiger partial charge is 0.307 e. The van der Waals surface area contributed by atoms with Gasteiger partial charge in [0.25, 0.3) is 13.4 Å². The molecule has 0 atom stereocenters. The molecule has 0 unspecified atom stereocenters. The summed E-state index contributed by atoms with van der Waals surface area (Å²) in [6.45, 7) is 0.182. The smallest absolute Gasteiger partial charge is 0.253 e. The molecular formula is C57H32B2N4. The summed E-state index contributed by atoms with van der Waals surface area (Å²) < 4.78 is 11.1. The summed E-state index contributed by atoms with van der Waals surface area (Å²) in [6.07, 6.45) is 2.86. The van der Waals surface area contributed by atoms with E-state index in [1.165, 1.54) is 144 Å². The Kier molecular flexibility index (Phi) is 5.03. The third kappa shape index (κ3) is 3.30. The van der Waals surface area contributed by atoms with E-state index in [1.807, 2.05) is 0 Å². The molecule has 2 aromatic heterocycles. The molecule has 9 heterocycles. The van der Waals surface area contributed by atoms with E-state index in [0.29, 0.717) is 0 Å². The minimum absolute atomic E-state index is 0.0264. The molecule has 4 nitrogen and oxygen atoms in total. The summed E-state index contributed by atoms with van der Waals surface area (Å²) in [5.74, 6) is 0. The summed E-state index contributed by atoms with van der Waals surface area (Å²) in [4.78, 5) is 0. The van der Waals surface area contributed by atoms with Gasteiger partial charge in [0.15, 0.2) is 0 Å². The van der Waals surface area contributed by atoms with Crippen LogP contribution in [0.25, 0.3) is 89.1 Å². The Morgan fingerprint density at radius 2 is 0.746 bits per heavy atom. The third-order valence-corrected chi connectivity index (χ3v) is 16.4. The lowest BCUT2D eigenvalue weighted by molar-refractivity contribution is 0.983. The molecule has 0 fully saturated rings. The number of benzene rings is 9. The predicted octanol–water partition coefficient (Wildman–Crippen LogP) is 7.92. The van der Waals surface area contributed by atoms with E-state index in [9.17, 15) is 0 Å². The Hall–Kier alpha value is -7.69. The van der Waals surface area contributed by atoms with Crippen molar-refractivity contribution in [1.82, 2.24) is 18.3 Å². The molecule has 9 aromatic carbocycles. The van der Waals surface area contributed by atoms with Gasteiger partial charge in [0.05, 0.1) is 44.1 Å². The summed E-state index contributed by atoms with van der Waals surface area (Å²) in [6, 6.07) is 60.9. The molecule has 0 amide bonds. The predicted molar refractivity (Wildman–Crippen MR) is 260 cm³/mol. The molecule has 0 radical (unpaired) electrons. The highest BCUT2D eigenvalue weighted by molar-refractivity contribution is 7.04. The van der Waals surface area contributed by atoms with Gasteiger partial charge in [-0.3, -0.25) is 0 Å². The van der Waals surface area contributed by atoms with Crippen LogP contribution < -0.4 is 32.8 Å². The lowest BCUT2D eigenvalue weighted by Gasteiger charge is -2.47. The number of aromatic nitrogens is 4. The molecule has 6 heteroatoms. The first-order valence-electron chi connectivity index (χ1n) is 22.6. The normalized spacial score (nSPS) is 14.7. The van der Waals surface area contributed by atoms with Crippen molar-refractivity contribution in [1.29, 1.82) is 0 Å². The molecule has 7 aliphatic rings. The maximum Gasteiger partial charge on any atom is 0.253 e. The standard InChI is InChI=1S/C57H32B2N4/c1-3-9-30(10-4-1)32-21-23-40-44(28-32)60-42-15-7-13-36-26-38-19-17-34-25-35-18-20-39-27-37-14-8-16-43-51(37)63-53(39)47(35)59-46(34)52(38)62(50(36)42)56-49(59)57(63)55-48(54(56)60)58(40)41-24-22-33(29-45(41)61(43)55)31-11-5-2-6-12-31/h1-24,28-29H,25-27H2. The number of hydrogen-bond donors (Lipinski definition) is 0. The Morgan fingerprint density at radius 1 is 0.302 bits per heavy atom. The van der Waals surface area contributed by atoms with Crippen molar-refractivity contribution in [3.8, 4) is 45.0 Å². The van der Waals surface area contributed by atoms with Crippen LogP contribution >= 0.6 is 0 Å². The van der Waals surface area contributed by atoms with Crippen LogP contribution in [0.15, 0.2) is 158 Å². The van der Waals surface area contributed by atoms with Crippen molar-refractivity contribution in [2.45, 2.75) is 19.3 Å². The molecule has 63 heavy (non-hydrogen) atoms. The minimum Gasteiger partial charge on any atom is -0.307 e. The fourth-order valence-corrected chi connectivity index (χ4v) is 14.2. The van der Waals surface area contributed by atoms with Crippen LogP contribution in [-0.4, -0.2) is 31.7 Å². The average molecular weight is 795 g/mol. The number of hydrogen-bond acceptors (Lipinski definition) is 0. The molecule has 0 saturated carbocycles. The van der Waals surface area contributed by atoms with Gasteiger partial charge in [0.2, 0.25) is 0 Å². The Morgan fingerprint density at radius 3 is 1.25 bits per heavy atom. The molecule has 0 spiro atoms. The van der Waals surface area contributed by atoms with Gasteiger partial charge in [-0.1, -0.05) is 133 Å². The molecule has 0 saturated heterocycles. The van der Waals surface area contributed by atoms with E-state index in [2.05, 4.69) is 176 Å². The molecule has 18 rings (SSSR count). The SMILES string of the molecule is c1ccc(-c2ccc3c(c2)-n2c4cccc5c4n4c6c7c8c9c(c62)B3c2ccc(-c3ccccc3)cc2-n9c2cccc3c2n8-c2c(ccc6c2B7c2c(ccc(c2-4)C5)C6)C3)cc1. The van der Waals surface area contributed by atoms with Gasteiger partial charge < -0.3 is 18.3 Å². The first kappa shape index (κ1) is 31.2. The molecule has 0 aliphatic carbocycles. The van der Waals surface area contributed by atoms with Gasteiger partial charge in [-0.2, -0.15) is 0 Å². The third-order valence-electron chi connectivity index (χ3n) is 16.4. The van der Waals surface area contributed by atoms with Crippen molar-refractivity contribution in [3.05, 3.63) is 191 Å². The fraction of sp³-hybridized carbons (Fsp3) is 0.0526. The van der Waals surface area contributed by atoms with Crippen molar-refractivity contribution >= 4 is 90.3 Å². The van der Waals surface area contributed by atoms with Crippen molar-refractivity contribution in [2.75, 3.05) is 0 Å². The number of rotatable bonds is 2. The Bertz CT molecular complexity index is 3910. The monoisotopic (exact) mass is 794 g/mol. The van der Waals surface area contributed by atoms with Gasteiger partial charge in [-0.15, -0.1) is 0 Å². The molecule has 0 N–H and O–H groups in total. The maximum absolute atomic E-state index is 2.80. The fourth-order valence-electron chi connectivity index (χ4n) is 14.2. The number of fused-ring (bicyclic) bond motifs is 8. The highest BCUT2D eigenvalue weighted by atomic mass is 15.1. The van der Waals surface area contributed by atoms with Gasteiger partial charge >= 0.3 is 0 Å². The van der Waals surface area contributed by atoms with E-state index in [-0.39, 0.29) is 13.4 Å². The lowest BCUT2D eigenvalue weighted by atomic mass is 9.29. The van der Waals surface area contributed by atoms with Crippen LogP contribution in [0, 0.1) is 0 Å². The van der Waals surface area contributed by atoms with Crippen LogP contribution in [0.4, 0.5) is 0 Å². The molecular weight excluding hydrogens is 762 g/mol. The highest BCUT2D eigenvalue weighted by Crippen LogP contribution is 2.47. The van der Waals surface area contributed by atoms with Gasteiger partial charge in [-0.25, -0.2) is 0 Å². The second kappa shape index (κ2) is 10.2. The zero-order chi connectivity index (χ0) is 40.1. The summed E-state index contributed by atoms with van der Waals surface area (Å²) in [7, 11) is 0. The summed E-state index contributed by atoms with van der Waals surface area (Å²) in [5, 5.41) is 0. The minimum atomic E-state index is 0.0264. The Balaban J connectivity index is 1.17. The zero-order valence-electron chi connectivity index (χ0n) is 34.1. The first-order valence-corrected chi connectivity index (χ1v) is 22.6. The quantitative estimate of drug-likeness (QED) is 0.125. The van der Waals surface area contributed by atoms with Crippen LogP contribution in [0.3, 0.4) is 0 Å². The topological polar surface area (TPSA) is 19.7 Å². The highest BCUT2D eigenvalue weighted by Gasteiger charge is 2.51. The van der Waals surface area contributed by atoms with Crippen LogP contribution in [-0.2, 0) is 19.3 Å². The van der Waals surface area contributed by atoms with E-state index in [4.69, 9.17) is 0 Å². The number of para-hydroxylation sites is 2. The maximum atomic E-state index is 2.80. The van der Waals surface area contributed by atoms with Gasteiger partial charge in [-0.05, 0) is 119 Å². The number of nitrogens with zero attached hydrogens (tertiary/aromatic N) is 4. The lowest BCUT2D eigenvalue weighted by Crippen LogP contribution is -2.67. The van der Waals surface area contributed by atoms with Crippen molar-refractivity contribution < 1.29 is 0 Å². The van der Waals surface area contributed by atoms with Crippen molar-refractivity contribution in [3.63, 3.8) is 0 Å². The van der Waals surface area contributed by atoms with Gasteiger partial charge in [0, 0.05) is 35.6 Å².